The number of aromatic nitrogens is 1. The fraction of sp³-hybridized carbons (Fsp3) is 0.200. The molecule has 0 bridgehead atoms. The number of halogens is 1. The molecule has 1 unspecified atom stereocenters. The lowest BCUT2D eigenvalue weighted by atomic mass is 10.1. The molecular weight excluding hydrogens is 289 g/mol. The molecule has 0 aliphatic rings. The summed E-state index contributed by atoms with van der Waals surface area (Å²) < 4.78 is 18.1. The molecular formula is C15H16FN3OS. The van der Waals surface area contributed by atoms with Crippen LogP contribution >= 0.6 is 12.2 Å². The van der Waals surface area contributed by atoms with Crippen LogP contribution in [0.3, 0.4) is 0 Å². The quantitative estimate of drug-likeness (QED) is 0.849. The number of nitrogens with zero attached hydrogens (tertiary/aromatic N) is 1. The Labute approximate surface area is 128 Å². The molecule has 1 aromatic heterocycles. The predicted molar refractivity (Wildman–Crippen MR) is 85.0 cm³/mol. The van der Waals surface area contributed by atoms with Gasteiger partial charge in [0.05, 0.1) is 13.2 Å². The average Bonchev–Trinajstić information content (AvgIpc) is 2.48. The smallest absolute Gasteiger partial charge is 0.174 e. The Hall–Kier alpha value is -2.21. The van der Waals surface area contributed by atoms with Crippen molar-refractivity contribution in [3.05, 3.63) is 54.0 Å². The molecule has 1 aromatic carbocycles. The normalized spacial score (nSPS) is 11.6. The SMILES string of the molecule is COc1cccnc1NC(=S)NC(C)c1ccc(F)cc1. The second-order valence-corrected chi connectivity index (χ2v) is 4.83. The van der Waals surface area contributed by atoms with Gasteiger partial charge in [0, 0.05) is 6.20 Å². The Morgan fingerprint density at radius 2 is 2.00 bits per heavy atom. The van der Waals surface area contributed by atoms with Gasteiger partial charge < -0.3 is 15.4 Å². The highest BCUT2D eigenvalue weighted by Crippen LogP contribution is 2.20. The van der Waals surface area contributed by atoms with E-state index in [0.717, 1.165) is 5.56 Å². The number of ether oxygens (including phenoxy) is 1. The van der Waals surface area contributed by atoms with Gasteiger partial charge in [0.25, 0.3) is 0 Å². The lowest BCUT2D eigenvalue weighted by Crippen LogP contribution is -2.31. The van der Waals surface area contributed by atoms with Crippen molar-refractivity contribution in [2.75, 3.05) is 12.4 Å². The van der Waals surface area contributed by atoms with Crippen molar-refractivity contribution >= 4 is 23.1 Å². The fourth-order valence-corrected chi connectivity index (χ4v) is 2.10. The largest absolute Gasteiger partial charge is 0.493 e. The van der Waals surface area contributed by atoms with E-state index in [0.29, 0.717) is 16.7 Å². The highest BCUT2D eigenvalue weighted by Gasteiger charge is 2.09. The van der Waals surface area contributed by atoms with Crippen molar-refractivity contribution in [2.24, 2.45) is 0 Å². The Morgan fingerprint density at radius 1 is 1.29 bits per heavy atom. The van der Waals surface area contributed by atoms with E-state index in [1.807, 2.05) is 6.92 Å². The van der Waals surface area contributed by atoms with E-state index >= 15 is 0 Å². The van der Waals surface area contributed by atoms with Gasteiger partial charge in [0.15, 0.2) is 16.7 Å². The second kappa shape index (κ2) is 6.99. The minimum Gasteiger partial charge on any atom is -0.493 e. The predicted octanol–water partition coefficient (Wildman–Crippen LogP) is 3.28. The van der Waals surface area contributed by atoms with Crippen LogP contribution in [0.5, 0.6) is 5.75 Å². The molecule has 0 spiro atoms. The first-order chi connectivity index (χ1) is 10.1. The number of anilines is 1. The number of pyridine rings is 1. The van der Waals surface area contributed by atoms with E-state index in [-0.39, 0.29) is 11.9 Å². The summed E-state index contributed by atoms with van der Waals surface area (Å²) in [6, 6.07) is 9.80. The van der Waals surface area contributed by atoms with E-state index in [2.05, 4.69) is 15.6 Å². The van der Waals surface area contributed by atoms with Crippen LogP contribution in [0.4, 0.5) is 10.2 Å². The molecule has 2 N–H and O–H groups in total. The van der Waals surface area contributed by atoms with Crippen LogP contribution in [0.15, 0.2) is 42.6 Å². The van der Waals surface area contributed by atoms with Gasteiger partial charge in [-0.15, -0.1) is 0 Å². The fourth-order valence-electron chi connectivity index (χ4n) is 1.82. The summed E-state index contributed by atoms with van der Waals surface area (Å²) in [5.41, 5.74) is 0.938. The lowest BCUT2D eigenvalue weighted by molar-refractivity contribution is 0.415. The van der Waals surface area contributed by atoms with Gasteiger partial charge >= 0.3 is 0 Å². The summed E-state index contributed by atoms with van der Waals surface area (Å²) in [6.07, 6.45) is 1.65. The van der Waals surface area contributed by atoms with Crippen LogP contribution in [-0.4, -0.2) is 17.2 Å². The molecule has 0 radical (unpaired) electrons. The molecule has 0 aliphatic heterocycles. The summed E-state index contributed by atoms with van der Waals surface area (Å²) in [4.78, 5) is 4.17. The van der Waals surface area contributed by atoms with Crippen molar-refractivity contribution in [2.45, 2.75) is 13.0 Å². The average molecular weight is 305 g/mol. The number of nitrogens with one attached hydrogen (secondary N) is 2. The molecule has 21 heavy (non-hydrogen) atoms. The molecule has 0 amide bonds. The highest BCUT2D eigenvalue weighted by atomic mass is 32.1. The number of benzene rings is 1. The van der Waals surface area contributed by atoms with Gasteiger partial charge in [-0.25, -0.2) is 9.37 Å². The van der Waals surface area contributed by atoms with E-state index in [9.17, 15) is 4.39 Å². The first-order valence-electron chi connectivity index (χ1n) is 6.42. The van der Waals surface area contributed by atoms with Crippen LogP contribution in [-0.2, 0) is 0 Å². The van der Waals surface area contributed by atoms with E-state index in [1.165, 1.54) is 12.1 Å². The number of methoxy groups -OCH3 is 1. The molecule has 0 saturated heterocycles. The standard InChI is InChI=1S/C15H16FN3OS/c1-10(11-5-7-12(16)8-6-11)18-15(21)19-14-13(20-2)4-3-9-17-14/h3-10H,1-2H3,(H2,17,18,19,21). The van der Waals surface area contributed by atoms with Crippen LogP contribution < -0.4 is 15.4 Å². The molecule has 0 aliphatic carbocycles. The zero-order valence-electron chi connectivity index (χ0n) is 11.8. The number of thiocarbonyl (C=S) groups is 1. The topological polar surface area (TPSA) is 46.2 Å². The van der Waals surface area contributed by atoms with Crippen molar-refractivity contribution < 1.29 is 9.13 Å². The van der Waals surface area contributed by atoms with Gasteiger partial charge in [0.1, 0.15) is 5.82 Å². The van der Waals surface area contributed by atoms with E-state index < -0.39 is 0 Å². The zero-order chi connectivity index (χ0) is 15.2. The minimum atomic E-state index is -0.259. The zero-order valence-corrected chi connectivity index (χ0v) is 12.6. The van der Waals surface area contributed by atoms with Crippen LogP contribution in [0.2, 0.25) is 0 Å². The van der Waals surface area contributed by atoms with Gasteiger partial charge in [-0.05, 0) is 49.0 Å². The Bertz CT molecular complexity index is 619. The number of hydrogen-bond acceptors (Lipinski definition) is 3. The Balaban J connectivity index is 1.99. The third kappa shape index (κ3) is 4.13. The van der Waals surface area contributed by atoms with Gasteiger partial charge in [0.2, 0.25) is 0 Å². The molecule has 1 heterocycles. The second-order valence-electron chi connectivity index (χ2n) is 4.43. The summed E-state index contributed by atoms with van der Waals surface area (Å²) in [5, 5.41) is 6.52. The van der Waals surface area contributed by atoms with Crippen molar-refractivity contribution in [1.29, 1.82) is 0 Å². The number of hydrogen-bond donors (Lipinski definition) is 2. The maximum absolute atomic E-state index is 12.9. The minimum absolute atomic E-state index is 0.0553. The molecule has 2 aromatic rings. The Kier molecular flexibility index (Phi) is 5.05. The highest BCUT2D eigenvalue weighted by molar-refractivity contribution is 7.80. The van der Waals surface area contributed by atoms with Crippen molar-refractivity contribution in [3.8, 4) is 5.75 Å². The van der Waals surface area contributed by atoms with Gasteiger partial charge in [-0.3, -0.25) is 0 Å². The molecule has 6 heteroatoms. The maximum atomic E-state index is 12.9. The van der Waals surface area contributed by atoms with E-state index in [4.69, 9.17) is 17.0 Å². The molecule has 0 saturated carbocycles. The monoisotopic (exact) mass is 305 g/mol. The summed E-state index contributed by atoms with van der Waals surface area (Å²) in [6.45, 7) is 1.94. The molecule has 110 valence electrons. The number of rotatable bonds is 4. The third-order valence-corrected chi connectivity index (χ3v) is 3.16. The molecule has 2 rings (SSSR count). The lowest BCUT2D eigenvalue weighted by Gasteiger charge is -2.17. The molecule has 4 nitrogen and oxygen atoms in total. The van der Waals surface area contributed by atoms with Crippen LogP contribution in [0.1, 0.15) is 18.5 Å². The van der Waals surface area contributed by atoms with Gasteiger partial charge in [-0.1, -0.05) is 12.1 Å². The maximum Gasteiger partial charge on any atom is 0.174 e. The van der Waals surface area contributed by atoms with Gasteiger partial charge in [-0.2, -0.15) is 0 Å². The first-order valence-corrected chi connectivity index (χ1v) is 6.83. The third-order valence-electron chi connectivity index (χ3n) is 2.94. The summed E-state index contributed by atoms with van der Waals surface area (Å²) >= 11 is 5.25. The van der Waals surface area contributed by atoms with Crippen molar-refractivity contribution in [1.82, 2.24) is 10.3 Å². The molecule has 1 atom stereocenters. The summed E-state index contributed by atoms with van der Waals surface area (Å²) in [7, 11) is 1.57. The molecule has 0 fully saturated rings. The van der Waals surface area contributed by atoms with Crippen molar-refractivity contribution in [3.63, 3.8) is 0 Å². The van der Waals surface area contributed by atoms with Crippen LogP contribution in [0, 0.1) is 5.82 Å². The summed E-state index contributed by atoms with van der Waals surface area (Å²) in [5.74, 6) is 0.893. The first kappa shape index (κ1) is 15.2. The Morgan fingerprint density at radius 3 is 2.67 bits per heavy atom. The van der Waals surface area contributed by atoms with Crippen LogP contribution in [0.25, 0.3) is 0 Å². The van der Waals surface area contributed by atoms with E-state index in [1.54, 1.807) is 37.6 Å².